The number of hydrogen-bond donors (Lipinski definition) is 0. The summed E-state index contributed by atoms with van der Waals surface area (Å²) >= 11 is 0. The molecular formula is C20H21N3O6S. The van der Waals surface area contributed by atoms with Crippen molar-refractivity contribution in [3.05, 3.63) is 54.1 Å². The van der Waals surface area contributed by atoms with Gasteiger partial charge in [-0.05, 0) is 30.3 Å². The first-order valence-electron chi connectivity index (χ1n) is 8.72. The number of carbonyl (C=O) groups excluding carboxylic acids is 2. The summed E-state index contributed by atoms with van der Waals surface area (Å²) in [6, 6.07) is 14.2. The Hall–Kier alpha value is -3.42. The van der Waals surface area contributed by atoms with Crippen molar-refractivity contribution in [3.63, 3.8) is 0 Å². The maximum absolute atomic E-state index is 12.5. The van der Waals surface area contributed by atoms with Crippen molar-refractivity contribution < 1.29 is 27.5 Å². The molecular weight excluding hydrogens is 410 g/mol. The van der Waals surface area contributed by atoms with E-state index in [4.69, 9.17) is 14.7 Å². The third-order valence-corrected chi connectivity index (χ3v) is 5.92. The van der Waals surface area contributed by atoms with Crippen molar-refractivity contribution >= 4 is 27.6 Å². The van der Waals surface area contributed by atoms with Gasteiger partial charge in [0.15, 0.2) is 6.61 Å². The van der Waals surface area contributed by atoms with Crippen molar-refractivity contribution in [3.8, 4) is 11.8 Å². The molecule has 0 radical (unpaired) electrons. The molecule has 158 valence electrons. The summed E-state index contributed by atoms with van der Waals surface area (Å²) in [5.74, 6) is -1.41. The van der Waals surface area contributed by atoms with Crippen molar-refractivity contribution in [1.29, 1.82) is 5.26 Å². The Balaban J connectivity index is 2.20. The lowest BCUT2D eigenvalue weighted by Gasteiger charge is -2.19. The van der Waals surface area contributed by atoms with E-state index in [1.165, 1.54) is 38.2 Å². The molecule has 0 aliphatic heterocycles. The Labute approximate surface area is 175 Å². The van der Waals surface area contributed by atoms with Crippen LogP contribution in [0.1, 0.15) is 10.4 Å². The van der Waals surface area contributed by atoms with Crippen molar-refractivity contribution in [2.75, 3.05) is 39.3 Å². The number of carbonyl (C=O) groups is 2. The van der Waals surface area contributed by atoms with Crippen LogP contribution in [0.5, 0.6) is 5.75 Å². The molecule has 2 aromatic carbocycles. The highest BCUT2D eigenvalue weighted by molar-refractivity contribution is 7.89. The summed E-state index contributed by atoms with van der Waals surface area (Å²) in [5, 5.41) is 8.98. The molecule has 0 bridgehead atoms. The van der Waals surface area contributed by atoms with E-state index in [2.05, 4.69) is 0 Å². The summed E-state index contributed by atoms with van der Waals surface area (Å²) in [7, 11) is 0.145. The maximum atomic E-state index is 12.5. The summed E-state index contributed by atoms with van der Waals surface area (Å²) in [6.45, 7) is -0.828. The van der Waals surface area contributed by atoms with Gasteiger partial charge in [-0.2, -0.15) is 5.26 Å². The number of hydrogen-bond acceptors (Lipinski definition) is 7. The smallest absolute Gasteiger partial charge is 0.338 e. The minimum absolute atomic E-state index is 0.0597. The zero-order chi connectivity index (χ0) is 22.3. The van der Waals surface area contributed by atoms with E-state index in [1.807, 2.05) is 6.07 Å². The van der Waals surface area contributed by atoms with E-state index in [9.17, 15) is 18.0 Å². The van der Waals surface area contributed by atoms with E-state index < -0.39 is 28.5 Å². The number of anilines is 1. The number of methoxy groups -OCH3 is 1. The minimum atomic E-state index is -3.87. The van der Waals surface area contributed by atoms with Gasteiger partial charge in [-0.1, -0.05) is 18.2 Å². The second kappa shape index (κ2) is 9.87. The van der Waals surface area contributed by atoms with Gasteiger partial charge in [0.05, 0.1) is 18.7 Å². The fourth-order valence-electron chi connectivity index (χ4n) is 2.49. The summed E-state index contributed by atoms with van der Waals surface area (Å²) in [5.41, 5.74) is 0.430. The zero-order valence-electron chi connectivity index (χ0n) is 16.7. The molecule has 1 amide bonds. The second-order valence-electron chi connectivity index (χ2n) is 6.20. The van der Waals surface area contributed by atoms with Gasteiger partial charge >= 0.3 is 5.97 Å². The van der Waals surface area contributed by atoms with Crippen LogP contribution in [0.4, 0.5) is 5.69 Å². The van der Waals surface area contributed by atoms with Crippen LogP contribution in [-0.2, 0) is 19.6 Å². The van der Waals surface area contributed by atoms with Crippen LogP contribution in [-0.4, -0.2) is 59.0 Å². The molecule has 0 unspecified atom stereocenters. The lowest BCUT2D eigenvalue weighted by Crippen LogP contribution is -2.35. The molecule has 0 aliphatic carbocycles. The highest BCUT2D eigenvalue weighted by Crippen LogP contribution is 2.27. The lowest BCUT2D eigenvalue weighted by molar-refractivity contribution is -0.121. The number of amides is 1. The van der Waals surface area contributed by atoms with E-state index in [-0.39, 0.29) is 22.8 Å². The molecule has 0 spiro atoms. The number of nitrogens with zero attached hydrogens (tertiary/aromatic N) is 3. The van der Waals surface area contributed by atoms with Crippen molar-refractivity contribution in [2.45, 2.75) is 4.90 Å². The van der Waals surface area contributed by atoms with Gasteiger partial charge in [-0.15, -0.1) is 0 Å². The molecule has 0 saturated carbocycles. The molecule has 0 fully saturated rings. The summed E-state index contributed by atoms with van der Waals surface area (Å²) in [6.07, 6.45) is 0. The highest BCUT2D eigenvalue weighted by Gasteiger charge is 2.25. The van der Waals surface area contributed by atoms with E-state index in [0.29, 0.717) is 5.69 Å². The largest absolute Gasteiger partial charge is 0.495 e. The molecule has 0 aromatic heterocycles. The van der Waals surface area contributed by atoms with E-state index in [0.717, 1.165) is 10.4 Å². The Morgan fingerprint density at radius 2 is 1.77 bits per heavy atom. The minimum Gasteiger partial charge on any atom is -0.495 e. The highest BCUT2D eigenvalue weighted by atomic mass is 32.2. The molecule has 10 heteroatoms. The average Bonchev–Trinajstić information content (AvgIpc) is 2.75. The number of nitriles is 1. The molecule has 0 atom stereocenters. The van der Waals surface area contributed by atoms with Crippen LogP contribution in [0.3, 0.4) is 0 Å². The Morgan fingerprint density at radius 3 is 2.33 bits per heavy atom. The molecule has 0 saturated heterocycles. The predicted octanol–water partition coefficient (Wildman–Crippen LogP) is 1.66. The first kappa shape index (κ1) is 22.9. The number of sulfonamides is 1. The van der Waals surface area contributed by atoms with Gasteiger partial charge in [0.1, 0.15) is 17.2 Å². The van der Waals surface area contributed by atoms with E-state index in [1.54, 1.807) is 30.3 Å². The Bertz CT molecular complexity index is 1060. The van der Waals surface area contributed by atoms with Gasteiger partial charge in [0.2, 0.25) is 10.0 Å². The maximum Gasteiger partial charge on any atom is 0.338 e. The van der Waals surface area contributed by atoms with Crippen LogP contribution >= 0.6 is 0 Å². The number of benzene rings is 2. The number of esters is 1. The van der Waals surface area contributed by atoms with Crippen LogP contribution in [0, 0.1) is 11.3 Å². The number of rotatable bonds is 8. The fourth-order valence-corrected chi connectivity index (χ4v) is 3.57. The Morgan fingerprint density at radius 1 is 1.10 bits per heavy atom. The van der Waals surface area contributed by atoms with Crippen LogP contribution in [0.25, 0.3) is 0 Å². The molecule has 0 heterocycles. The van der Waals surface area contributed by atoms with Crippen LogP contribution < -0.4 is 9.64 Å². The first-order chi connectivity index (χ1) is 14.2. The summed E-state index contributed by atoms with van der Waals surface area (Å²) < 4.78 is 36.1. The fraction of sp³-hybridized carbons (Fsp3) is 0.250. The Kier molecular flexibility index (Phi) is 7.52. The van der Waals surface area contributed by atoms with Gasteiger partial charge in [0, 0.05) is 19.8 Å². The van der Waals surface area contributed by atoms with Gasteiger partial charge in [0.25, 0.3) is 5.91 Å². The molecule has 0 N–H and O–H groups in total. The predicted molar refractivity (Wildman–Crippen MR) is 109 cm³/mol. The quantitative estimate of drug-likeness (QED) is 0.461. The monoisotopic (exact) mass is 431 g/mol. The third-order valence-electron chi connectivity index (χ3n) is 4.08. The third kappa shape index (κ3) is 5.14. The van der Waals surface area contributed by atoms with Gasteiger partial charge in [-0.25, -0.2) is 17.5 Å². The average molecular weight is 431 g/mol. The first-order valence-corrected chi connectivity index (χ1v) is 10.2. The van der Waals surface area contributed by atoms with E-state index >= 15 is 0 Å². The van der Waals surface area contributed by atoms with Gasteiger partial charge < -0.3 is 9.47 Å². The topological polar surface area (TPSA) is 117 Å². The van der Waals surface area contributed by atoms with Crippen LogP contribution in [0.2, 0.25) is 0 Å². The van der Waals surface area contributed by atoms with Gasteiger partial charge in [-0.3, -0.25) is 9.69 Å². The normalized spacial score (nSPS) is 10.9. The molecule has 0 aliphatic rings. The number of ether oxygens (including phenoxy) is 2. The standard InChI is InChI=1S/C20H21N3O6S/c1-22(2)30(26,27)18-13-15(9-10-17(18)28-3)20(25)29-14-19(24)23(12-11-21)16-7-5-4-6-8-16/h4-10,13H,12,14H2,1-3H3. The van der Waals surface area contributed by atoms with Crippen LogP contribution in [0.15, 0.2) is 53.4 Å². The molecule has 2 rings (SSSR count). The molecule has 2 aromatic rings. The lowest BCUT2D eigenvalue weighted by atomic mass is 10.2. The molecule has 30 heavy (non-hydrogen) atoms. The second-order valence-corrected chi connectivity index (χ2v) is 8.32. The van der Waals surface area contributed by atoms with Crippen molar-refractivity contribution in [1.82, 2.24) is 4.31 Å². The molecule has 9 nitrogen and oxygen atoms in total. The summed E-state index contributed by atoms with van der Waals surface area (Å²) in [4.78, 5) is 25.8. The SMILES string of the molecule is COc1ccc(C(=O)OCC(=O)N(CC#N)c2ccccc2)cc1S(=O)(=O)N(C)C. The number of para-hydroxylation sites is 1. The van der Waals surface area contributed by atoms with Crippen molar-refractivity contribution in [2.24, 2.45) is 0 Å². The zero-order valence-corrected chi connectivity index (χ0v) is 17.5.